The van der Waals surface area contributed by atoms with Gasteiger partial charge in [-0.3, -0.25) is 0 Å². The van der Waals surface area contributed by atoms with Crippen LogP contribution in [0.15, 0.2) is 231 Å². The zero-order chi connectivity index (χ0) is 55.1. The first-order valence-electron chi connectivity index (χ1n) is 27.8. The third-order valence-corrected chi connectivity index (χ3v) is 16.3. The Morgan fingerprint density at radius 1 is 0.513 bits per heavy atom. The van der Waals surface area contributed by atoms with E-state index in [0.29, 0.717) is 28.4 Å². The number of imidazole rings is 1. The van der Waals surface area contributed by atoms with Gasteiger partial charge < -0.3 is 0 Å². The van der Waals surface area contributed by atoms with Crippen molar-refractivity contribution in [2.75, 3.05) is 0 Å². The molecule has 13 aromatic rings. The molecule has 0 saturated heterocycles. The maximum atomic E-state index is 8.72. The van der Waals surface area contributed by atoms with Crippen molar-refractivity contribution in [3.8, 4) is 84.3 Å². The van der Waals surface area contributed by atoms with Crippen molar-refractivity contribution >= 4 is 32.8 Å². The molecule has 0 spiro atoms. The molecular weight excluding hydrogens is 1130 g/mol. The second-order valence-electron chi connectivity index (χ2n) is 21.1. The molecule has 78 heavy (non-hydrogen) atoms. The number of hydrogen-bond donors (Lipinski definition) is 0. The van der Waals surface area contributed by atoms with Crippen LogP contribution in [-0.2, 0) is 31.2 Å². The van der Waals surface area contributed by atoms with Crippen molar-refractivity contribution in [3.05, 3.63) is 269 Å². The number of fused-ring (bicyclic) bond motifs is 7. The van der Waals surface area contributed by atoms with Crippen molar-refractivity contribution in [1.82, 2.24) is 18.7 Å². The summed E-state index contributed by atoms with van der Waals surface area (Å²) in [6.07, 6.45) is 2.49. The summed E-state index contributed by atoms with van der Waals surface area (Å²) in [5.41, 5.74) is 20.5. The average Bonchev–Trinajstić information content (AvgIpc) is 3.93. The van der Waals surface area contributed by atoms with Crippen LogP contribution in [0.2, 0.25) is 0 Å². The molecule has 0 fully saturated rings. The monoisotopic (exact) mass is 1190 g/mol. The third-order valence-electron chi connectivity index (χ3n) is 15.3. The quantitative estimate of drug-likeness (QED) is 0.135. The number of aryl methyl sites for hydroxylation is 1. The molecule has 0 radical (unpaired) electrons. The standard InChI is InChI=1S/C72H52N4O.Pt/c1-47-39-69(73-45-64(47)50-31-34-54(35-32-50)72(2,3)4)76-65-28-15-14-27-59(65)60-38-36-57(43-68(60)76)77-56-26-18-25-55(42-56)74-46-75(67-30-17-16-29-66(67)74)71-61(49-21-10-6-11-22-49)44-62-58-37-33-52(48-19-8-5-9-20-48)40-53(58)41-63(62)70(71)51-23-12-7-13-24-51;/h5-40,44-45H,41H2,1-4H3;/q-2;/i1D3;. The number of nitrogens with zero attached hydrogens (tertiary/aromatic N) is 4. The fraction of sp³-hybridized carbons (Fsp3) is 0.0833. The first kappa shape index (κ1) is 44.3. The summed E-state index contributed by atoms with van der Waals surface area (Å²) in [4.78, 5) is 4.98. The van der Waals surface area contributed by atoms with Gasteiger partial charge in [-0.05, 0) is 29.0 Å². The van der Waals surface area contributed by atoms with E-state index in [2.05, 4.69) is 225 Å². The van der Waals surface area contributed by atoms with E-state index in [9.17, 15) is 0 Å². The number of rotatable bonds is 9. The van der Waals surface area contributed by atoms with E-state index in [0.717, 1.165) is 71.2 Å². The smallest absolute Gasteiger partial charge is 0.0579 e. The Labute approximate surface area is 469 Å². The molecule has 6 heteroatoms. The summed E-state index contributed by atoms with van der Waals surface area (Å²) in [5, 5.41) is 1.92. The van der Waals surface area contributed by atoms with Gasteiger partial charge in [0.05, 0.1) is 0 Å². The zero-order valence-electron chi connectivity index (χ0n) is 46.2. The number of aromatic nitrogens is 4. The second kappa shape index (κ2) is 19.0. The number of hydrogen-bond acceptors (Lipinski definition) is 2. The molecule has 0 aliphatic heterocycles. The van der Waals surface area contributed by atoms with Crippen LogP contribution in [0.25, 0.3) is 106 Å². The maximum absolute atomic E-state index is 8.72. The molecular formula is C72H52N4OPt-2. The fourth-order valence-electron chi connectivity index (χ4n) is 11.5. The number of para-hydroxylation sites is 3. The summed E-state index contributed by atoms with van der Waals surface area (Å²) in [6, 6.07) is 85.4. The van der Waals surface area contributed by atoms with Crippen LogP contribution >= 0.6 is 0 Å². The molecule has 14 rings (SSSR count). The van der Waals surface area contributed by atoms with Gasteiger partial charge in [-0.1, -0.05) is 63.2 Å². The van der Waals surface area contributed by atoms with Crippen molar-refractivity contribution in [2.24, 2.45) is 0 Å². The molecule has 0 unspecified atom stereocenters. The molecule has 0 bridgehead atoms. The fourth-order valence-corrected chi connectivity index (χ4v) is 12.6. The Morgan fingerprint density at radius 2 is 1.15 bits per heavy atom. The van der Waals surface area contributed by atoms with Crippen molar-refractivity contribution in [3.63, 3.8) is 0 Å². The molecule has 0 amide bonds. The normalized spacial score (nSPS) is 12.9. The van der Waals surface area contributed by atoms with Crippen LogP contribution in [0.3, 0.4) is 0 Å². The van der Waals surface area contributed by atoms with Crippen LogP contribution < -0.4 is 4.74 Å². The summed E-state index contributed by atoms with van der Waals surface area (Å²) >= 11 is 2.50. The van der Waals surface area contributed by atoms with Gasteiger partial charge in [-0.15, -0.1) is 0 Å². The summed E-state index contributed by atoms with van der Waals surface area (Å²) < 4.78 is 40.6. The summed E-state index contributed by atoms with van der Waals surface area (Å²) in [6.45, 7) is 4.09. The van der Waals surface area contributed by atoms with E-state index < -0.39 is 6.85 Å². The first-order chi connectivity index (χ1) is 39.4. The van der Waals surface area contributed by atoms with Crippen LogP contribution in [0.5, 0.6) is 11.5 Å². The molecule has 3 aromatic heterocycles. The minimum atomic E-state index is -2.41. The first-order valence-corrected chi connectivity index (χ1v) is 27.4. The van der Waals surface area contributed by atoms with E-state index in [4.69, 9.17) is 13.8 Å². The van der Waals surface area contributed by atoms with E-state index in [-0.39, 0.29) is 11.0 Å². The summed E-state index contributed by atoms with van der Waals surface area (Å²) in [7, 11) is 0. The van der Waals surface area contributed by atoms with Gasteiger partial charge in [0.2, 0.25) is 0 Å². The van der Waals surface area contributed by atoms with Crippen molar-refractivity contribution < 1.29 is 28.2 Å². The van der Waals surface area contributed by atoms with Crippen LogP contribution in [0.1, 0.15) is 47.1 Å². The van der Waals surface area contributed by atoms with Gasteiger partial charge in [-0.2, -0.15) is 0 Å². The van der Waals surface area contributed by atoms with Gasteiger partial charge >= 0.3 is 364 Å². The van der Waals surface area contributed by atoms with Crippen LogP contribution in [0, 0.1) is 22.8 Å². The predicted molar refractivity (Wildman–Crippen MR) is 316 cm³/mol. The SMILES string of the molecule is [2H]C([2H])([2H])c1cc(-n2c3[c-]c(Oc4[c-]c(-n5[c](=[Pt])n(-c6c(-c7ccccc7)cc7c(c6-c6ccccc6)Cc6cc(-c8ccccc8)ccc6-7)c6ccccc65)ccc4)ccc3c3ccccc32)ncc1-c1ccc(C(C)(C)C)cc1. The van der Waals surface area contributed by atoms with Gasteiger partial charge in [0, 0.05) is 15.9 Å². The Balaban J connectivity index is 0.890. The van der Waals surface area contributed by atoms with Gasteiger partial charge in [0.15, 0.2) is 0 Å². The van der Waals surface area contributed by atoms with E-state index in [1.54, 1.807) is 12.3 Å². The minimum Gasteiger partial charge on any atom is -0.0579 e. The van der Waals surface area contributed by atoms with Crippen molar-refractivity contribution in [2.45, 2.75) is 39.5 Å². The average molecular weight is 1190 g/mol. The molecule has 378 valence electrons. The van der Waals surface area contributed by atoms with E-state index in [1.165, 1.54) is 44.5 Å². The Hall–Kier alpha value is -8.89. The second-order valence-corrected chi connectivity index (χ2v) is 22.1. The molecule has 0 saturated carbocycles. The van der Waals surface area contributed by atoms with Gasteiger partial charge in [0.1, 0.15) is 0 Å². The van der Waals surface area contributed by atoms with Gasteiger partial charge in [-0.25, -0.2) is 0 Å². The summed E-state index contributed by atoms with van der Waals surface area (Å²) in [5.74, 6) is 1.46. The molecule has 3 heterocycles. The Kier molecular flexibility index (Phi) is 10.8. The number of pyridine rings is 1. The van der Waals surface area contributed by atoms with E-state index in [1.807, 2.05) is 59.2 Å². The molecule has 10 aromatic carbocycles. The number of ether oxygens (including phenoxy) is 1. The van der Waals surface area contributed by atoms with Crippen LogP contribution in [-0.4, -0.2) is 18.7 Å². The predicted octanol–water partition coefficient (Wildman–Crippen LogP) is 18.2. The molecule has 5 nitrogen and oxygen atoms in total. The Morgan fingerprint density at radius 3 is 1.88 bits per heavy atom. The Bertz CT molecular complexity index is 4670. The minimum absolute atomic E-state index is 0.0435. The molecule has 1 aliphatic rings. The zero-order valence-corrected chi connectivity index (χ0v) is 45.4. The molecule has 0 atom stereocenters. The van der Waals surface area contributed by atoms with E-state index >= 15 is 0 Å². The topological polar surface area (TPSA) is 36.9 Å². The third kappa shape index (κ3) is 8.11. The molecule has 1 aliphatic carbocycles. The molecule has 0 N–H and O–H groups in total. The van der Waals surface area contributed by atoms with Crippen LogP contribution in [0.4, 0.5) is 0 Å². The van der Waals surface area contributed by atoms with Crippen molar-refractivity contribution in [1.29, 1.82) is 0 Å². The van der Waals surface area contributed by atoms with Gasteiger partial charge in [0.25, 0.3) is 0 Å². The number of benzene rings is 10.